The van der Waals surface area contributed by atoms with Gasteiger partial charge in [-0.25, -0.2) is 0 Å². The summed E-state index contributed by atoms with van der Waals surface area (Å²) in [5.74, 6) is -0.323. The van der Waals surface area contributed by atoms with Crippen LogP contribution in [0.4, 0.5) is 5.69 Å². The molecule has 0 spiro atoms. The van der Waals surface area contributed by atoms with E-state index in [1.165, 1.54) is 6.92 Å². The Balaban J connectivity index is 2.51. The van der Waals surface area contributed by atoms with Crippen molar-refractivity contribution in [2.75, 3.05) is 5.32 Å². The first kappa shape index (κ1) is 12.2. The third kappa shape index (κ3) is 4.13. The lowest BCUT2D eigenvalue weighted by Gasteiger charge is -2.05. The zero-order chi connectivity index (χ0) is 12.0. The molecule has 1 N–H and O–H groups in total. The van der Waals surface area contributed by atoms with Crippen molar-refractivity contribution in [3.8, 4) is 0 Å². The van der Waals surface area contributed by atoms with Crippen molar-refractivity contribution in [2.45, 2.75) is 26.9 Å². The van der Waals surface area contributed by atoms with E-state index in [1.54, 1.807) is 19.1 Å². The second-order valence-corrected chi connectivity index (χ2v) is 3.39. The summed E-state index contributed by atoms with van der Waals surface area (Å²) in [5.41, 5.74) is 1.63. The molecule has 0 radical (unpaired) electrons. The van der Waals surface area contributed by atoms with Crippen molar-refractivity contribution in [3.63, 3.8) is 0 Å². The molecule has 1 aromatic carbocycles. The van der Waals surface area contributed by atoms with Crippen LogP contribution in [0.3, 0.4) is 0 Å². The summed E-state index contributed by atoms with van der Waals surface area (Å²) in [6.45, 7) is 3.48. The molecule has 1 amide bonds. The van der Waals surface area contributed by atoms with E-state index in [-0.39, 0.29) is 18.5 Å². The first-order valence-corrected chi connectivity index (χ1v) is 5.14. The van der Waals surface area contributed by atoms with E-state index < -0.39 is 0 Å². The number of esters is 1. The molecule has 16 heavy (non-hydrogen) atoms. The van der Waals surface area contributed by atoms with Gasteiger partial charge in [0.1, 0.15) is 6.61 Å². The molecule has 0 aliphatic rings. The van der Waals surface area contributed by atoms with Crippen molar-refractivity contribution < 1.29 is 14.3 Å². The van der Waals surface area contributed by atoms with Gasteiger partial charge in [-0.2, -0.15) is 0 Å². The Morgan fingerprint density at radius 1 is 1.25 bits per heavy atom. The molecule has 0 fully saturated rings. The van der Waals surface area contributed by atoms with Crippen LogP contribution in [-0.2, 0) is 20.9 Å². The third-order valence-corrected chi connectivity index (χ3v) is 1.96. The van der Waals surface area contributed by atoms with E-state index in [0.29, 0.717) is 6.42 Å². The van der Waals surface area contributed by atoms with Crippen LogP contribution in [-0.4, -0.2) is 11.9 Å². The van der Waals surface area contributed by atoms with E-state index in [9.17, 15) is 9.59 Å². The topological polar surface area (TPSA) is 55.4 Å². The smallest absolute Gasteiger partial charge is 0.305 e. The second kappa shape index (κ2) is 5.90. The number of ether oxygens (including phenoxy) is 1. The molecule has 0 unspecified atom stereocenters. The highest BCUT2D eigenvalue weighted by molar-refractivity contribution is 5.88. The molecule has 1 aromatic rings. The van der Waals surface area contributed by atoms with Crippen LogP contribution in [0.1, 0.15) is 25.8 Å². The summed E-state index contributed by atoms with van der Waals surface area (Å²) in [7, 11) is 0. The Labute approximate surface area is 94.6 Å². The number of nitrogens with one attached hydrogen (secondary N) is 1. The van der Waals surface area contributed by atoms with Crippen LogP contribution in [0.5, 0.6) is 0 Å². The summed E-state index contributed by atoms with van der Waals surface area (Å²) >= 11 is 0. The Hall–Kier alpha value is -1.84. The molecule has 86 valence electrons. The lowest BCUT2D eigenvalue weighted by molar-refractivity contribution is -0.144. The zero-order valence-electron chi connectivity index (χ0n) is 9.45. The minimum Gasteiger partial charge on any atom is -0.461 e. The highest BCUT2D eigenvalue weighted by Gasteiger charge is 2.00. The number of carbonyl (C=O) groups is 2. The lowest BCUT2D eigenvalue weighted by Crippen LogP contribution is -2.06. The number of rotatable bonds is 4. The van der Waals surface area contributed by atoms with Crippen LogP contribution >= 0.6 is 0 Å². The van der Waals surface area contributed by atoms with Crippen molar-refractivity contribution in [1.82, 2.24) is 0 Å². The number of carbonyl (C=O) groups excluding carboxylic acids is 2. The number of anilines is 1. The van der Waals surface area contributed by atoms with Gasteiger partial charge < -0.3 is 10.1 Å². The van der Waals surface area contributed by atoms with E-state index >= 15 is 0 Å². The second-order valence-electron chi connectivity index (χ2n) is 3.39. The minimum absolute atomic E-state index is 0.106. The molecule has 0 aliphatic heterocycles. The highest BCUT2D eigenvalue weighted by atomic mass is 16.5. The monoisotopic (exact) mass is 221 g/mol. The maximum absolute atomic E-state index is 10.9. The number of amides is 1. The van der Waals surface area contributed by atoms with Gasteiger partial charge in [-0.15, -0.1) is 0 Å². The standard InChI is InChI=1S/C12H15NO3/c1-3-12(15)16-8-10-4-6-11(7-5-10)13-9(2)14/h4-7H,3,8H2,1-2H3,(H,13,14). The van der Waals surface area contributed by atoms with E-state index in [1.807, 2.05) is 12.1 Å². The number of hydrogen-bond acceptors (Lipinski definition) is 3. The molecule has 0 aromatic heterocycles. The van der Waals surface area contributed by atoms with Crippen LogP contribution in [0.15, 0.2) is 24.3 Å². The van der Waals surface area contributed by atoms with Gasteiger partial charge in [0.25, 0.3) is 0 Å². The minimum atomic E-state index is -0.217. The average Bonchev–Trinajstić information content (AvgIpc) is 2.27. The average molecular weight is 221 g/mol. The molecule has 0 heterocycles. The van der Waals surface area contributed by atoms with Gasteiger partial charge in [0.05, 0.1) is 0 Å². The fourth-order valence-corrected chi connectivity index (χ4v) is 1.15. The van der Waals surface area contributed by atoms with Crippen LogP contribution in [0.2, 0.25) is 0 Å². The third-order valence-electron chi connectivity index (χ3n) is 1.96. The van der Waals surface area contributed by atoms with Crippen molar-refractivity contribution in [3.05, 3.63) is 29.8 Å². The normalized spacial score (nSPS) is 9.62. The van der Waals surface area contributed by atoms with E-state index in [4.69, 9.17) is 4.74 Å². The van der Waals surface area contributed by atoms with Gasteiger partial charge in [0.15, 0.2) is 0 Å². The molecule has 0 saturated heterocycles. The van der Waals surface area contributed by atoms with E-state index in [0.717, 1.165) is 11.3 Å². The predicted octanol–water partition coefficient (Wildman–Crippen LogP) is 2.10. The molecule has 1 rings (SSSR count). The van der Waals surface area contributed by atoms with Crippen LogP contribution in [0.25, 0.3) is 0 Å². The first-order valence-electron chi connectivity index (χ1n) is 5.14. The fourth-order valence-electron chi connectivity index (χ4n) is 1.15. The van der Waals surface area contributed by atoms with Crippen molar-refractivity contribution >= 4 is 17.6 Å². The molecular weight excluding hydrogens is 206 g/mol. The molecule has 4 nitrogen and oxygen atoms in total. The molecular formula is C12H15NO3. The first-order chi connectivity index (χ1) is 7.61. The molecule has 4 heteroatoms. The number of benzene rings is 1. The van der Waals surface area contributed by atoms with Crippen LogP contribution < -0.4 is 5.32 Å². The zero-order valence-corrected chi connectivity index (χ0v) is 9.45. The summed E-state index contributed by atoms with van der Waals surface area (Å²) in [5, 5.41) is 2.66. The van der Waals surface area contributed by atoms with Crippen molar-refractivity contribution in [2.24, 2.45) is 0 Å². The maximum Gasteiger partial charge on any atom is 0.305 e. The Kier molecular flexibility index (Phi) is 4.51. The molecule has 0 atom stereocenters. The SMILES string of the molecule is CCC(=O)OCc1ccc(NC(C)=O)cc1. The van der Waals surface area contributed by atoms with Gasteiger partial charge in [0, 0.05) is 19.0 Å². The molecule has 0 bridgehead atoms. The predicted molar refractivity (Wildman–Crippen MR) is 60.8 cm³/mol. The number of hydrogen-bond donors (Lipinski definition) is 1. The Bertz CT molecular complexity index is 370. The lowest BCUT2D eigenvalue weighted by atomic mass is 10.2. The van der Waals surface area contributed by atoms with Gasteiger partial charge in [-0.1, -0.05) is 19.1 Å². The van der Waals surface area contributed by atoms with Gasteiger partial charge in [-0.05, 0) is 17.7 Å². The van der Waals surface area contributed by atoms with Gasteiger partial charge in [0.2, 0.25) is 5.91 Å². The molecule has 0 aliphatic carbocycles. The van der Waals surface area contributed by atoms with Gasteiger partial charge >= 0.3 is 5.97 Å². The van der Waals surface area contributed by atoms with E-state index in [2.05, 4.69) is 5.32 Å². The summed E-state index contributed by atoms with van der Waals surface area (Å²) in [6.07, 6.45) is 0.379. The summed E-state index contributed by atoms with van der Waals surface area (Å²) in [4.78, 5) is 21.7. The summed E-state index contributed by atoms with van der Waals surface area (Å²) < 4.78 is 4.97. The highest BCUT2D eigenvalue weighted by Crippen LogP contribution is 2.10. The quantitative estimate of drug-likeness (QED) is 0.792. The van der Waals surface area contributed by atoms with Crippen LogP contribution in [0, 0.1) is 0 Å². The summed E-state index contributed by atoms with van der Waals surface area (Å²) in [6, 6.07) is 7.18. The maximum atomic E-state index is 10.9. The van der Waals surface area contributed by atoms with Gasteiger partial charge in [-0.3, -0.25) is 9.59 Å². The van der Waals surface area contributed by atoms with Crippen molar-refractivity contribution in [1.29, 1.82) is 0 Å². The fraction of sp³-hybridized carbons (Fsp3) is 0.333. The Morgan fingerprint density at radius 2 is 1.88 bits per heavy atom. The largest absolute Gasteiger partial charge is 0.461 e. The molecule has 0 saturated carbocycles. The Morgan fingerprint density at radius 3 is 2.38 bits per heavy atom.